The number of methoxy groups -OCH3 is 1. The summed E-state index contributed by atoms with van der Waals surface area (Å²) in [7, 11) is 1.38. The molecule has 1 aromatic rings. The second-order valence-electron chi connectivity index (χ2n) is 5.92. The zero-order valence-electron chi connectivity index (χ0n) is 13.1. The van der Waals surface area contributed by atoms with Crippen molar-refractivity contribution in [2.75, 3.05) is 7.11 Å². The normalized spacial score (nSPS) is 22.0. The van der Waals surface area contributed by atoms with E-state index in [1.165, 1.54) is 45.6 Å². The van der Waals surface area contributed by atoms with Crippen molar-refractivity contribution < 1.29 is 9.53 Å². The fourth-order valence-electron chi connectivity index (χ4n) is 3.08. The third-order valence-electron chi connectivity index (χ3n) is 4.36. The van der Waals surface area contributed by atoms with Crippen molar-refractivity contribution in [3.8, 4) is 0 Å². The fourth-order valence-corrected chi connectivity index (χ4v) is 3.08. The smallest absolute Gasteiger partial charge is 0.339 e. The van der Waals surface area contributed by atoms with Gasteiger partial charge in [-0.05, 0) is 43.7 Å². The molecule has 0 radical (unpaired) electrons. The van der Waals surface area contributed by atoms with Gasteiger partial charge < -0.3 is 10.1 Å². The highest BCUT2D eigenvalue weighted by molar-refractivity contribution is 5.88. The number of ether oxygens (including phenoxy) is 1. The Kier molecular flexibility index (Phi) is 6.18. The SMILES string of the molecule is CCCC1CCC(NCc2ccc(C(=O)OC)cn2)CC1. The summed E-state index contributed by atoms with van der Waals surface area (Å²) < 4.78 is 4.67. The van der Waals surface area contributed by atoms with Crippen molar-refractivity contribution in [3.05, 3.63) is 29.6 Å². The molecule has 0 aromatic carbocycles. The van der Waals surface area contributed by atoms with E-state index in [4.69, 9.17) is 0 Å². The van der Waals surface area contributed by atoms with Gasteiger partial charge in [-0.25, -0.2) is 4.79 Å². The van der Waals surface area contributed by atoms with Crippen molar-refractivity contribution in [1.82, 2.24) is 10.3 Å². The zero-order valence-corrected chi connectivity index (χ0v) is 13.1. The van der Waals surface area contributed by atoms with E-state index in [9.17, 15) is 4.79 Å². The summed E-state index contributed by atoms with van der Waals surface area (Å²) in [4.78, 5) is 15.6. The van der Waals surface area contributed by atoms with Crippen LogP contribution in [0.2, 0.25) is 0 Å². The first kappa shape index (κ1) is 16.0. The van der Waals surface area contributed by atoms with Crippen LogP contribution in [-0.2, 0) is 11.3 Å². The fraction of sp³-hybridized carbons (Fsp3) is 0.647. The largest absolute Gasteiger partial charge is 0.465 e. The highest BCUT2D eigenvalue weighted by atomic mass is 16.5. The Morgan fingerprint density at radius 2 is 2.10 bits per heavy atom. The molecule has 1 saturated carbocycles. The van der Waals surface area contributed by atoms with Crippen LogP contribution in [-0.4, -0.2) is 24.1 Å². The lowest BCUT2D eigenvalue weighted by Gasteiger charge is -2.29. The summed E-state index contributed by atoms with van der Waals surface area (Å²) in [6, 6.07) is 4.27. The lowest BCUT2D eigenvalue weighted by Crippen LogP contribution is -2.33. The molecule has 0 aliphatic heterocycles. The molecule has 1 aliphatic carbocycles. The first-order valence-electron chi connectivity index (χ1n) is 7.99. The number of hydrogen-bond acceptors (Lipinski definition) is 4. The summed E-state index contributed by atoms with van der Waals surface area (Å²) in [5.41, 5.74) is 1.47. The molecule has 0 atom stereocenters. The van der Waals surface area contributed by atoms with Crippen molar-refractivity contribution in [2.24, 2.45) is 5.92 Å². The maximum absolute atomic E-state index is 11.3. The summed E-state index contributed by atoms with van der Waals surface area (Å²) in [6.07, 6.45) is 9.50. The summed E-state index contributed by atoms with van der Waals surface area (Å²) >= 11 is 0. The van der Waals surface area contributed by atoms with Crippen LogP contribution in [0, 0.1) is 5.92 Å². The number of nitrogens with one attached hydrogen (secondary N) is 1. The zero-order chi connectivity index (χ0) is 15.1. The van der Waals surface area contributed by atoms with Gasteiger partial charge in [-0.1, -0.05) is 19.8 Å². The molecule has 116 valence electrons. The molecule has 21 heavy (non-hydrogen) atoms. The second-order valence-corrected chi connectivity index (χ2v) is 5.92. The van der Waals surface area contributed by atoms with E-state index in [-0.39, 0.29) is 5.97 Å². The van der Waals surface area contributed by atoms with E-state index in [1.54, 1.807) is 12.3 Å². The van der Waals surface area contributed by atoms with Crippen LogP contribution in [0.25, 0.3) is 0 Å². The van der Waals surface area contributed by atoms with Crippen molar-refractivity contribution >= 4 is 5.97 Å². The monoisotopic (exact) mass is 290 g/mol. The van der Waals surface area contributed by atoms with E-state index in [0.717, 1.165) is 18.2 Å². The minimum Gasteiger partial charge on any atom is -0.465 e. The number of esters is 1. The van der Waals surface area contributed by atoms with Gasteiger partial charge in [0.05, 0.1) is 18.4 Å². The van der Waals surface area contributed by atoms with Gasteiger partial charge in [-0.15, -0.1) is 0 Å². The number of pyridine rings is 1. The molecule has 4 nitrogen and oxygen atoms in total. The van der Waals surface area contributed by atoms with Crippen LogP contribution in [0.15, 0.2) is 18.3 Å². The molecule has 0 bridgehead atoms. The Morgan fingerprint density at radius 1 is 1.33 bits per heavy atom. The first-order chi connectivity index (χ1) is 10.2. The molecular weight excluding hydrogens is 264 g/mol. The molecule has 1 heterocycles. The maximum atomic E-state index is 11.3. The Morgan fingerprint density at radius 3 is 2.67 bits per heavy atom. The summed E-state index contributed by atoms with van der Waals surface area (Å²) in [6.45, 7) is 3.04. The van der Waals surface area contributed by atoms with Crippen LogP contribution >= 0.6 is 0 Å². The highest BCUT2D eigenvalue weighted by Crippen LogP contribution is 2.27. The minimum atomic E-state index is -0.337. The quantitative estimate of drug-likeness (QED) is 0.817. The first-order valence-corrected chi connectivity index (χ1v) is 7.99. The molecule has 4 heteroatoms. The number of hydrogen-bond donors (Lipinski definition) is 1. The van der Waals surface area contributed by atoms with E-state index < -0.39 is 0 Å². The standard InChI is InChI=1S/C17H26N2O2/c1-3-4-13-5-8-15(9-6-13)19-12-16-10-7-14(11-18-16)17(20)21-2/h7,10-11,13,15,19H,3-6,8-9,12H2,1-2H3. The minimum absolute atomic E-state index is 0.337. The van der Waals surface area contributed by atoms with Gasteiger partial charge in [0.2, 0.25) is 0 Å². The second kappa shape index (κ2) is 8.13. The summed E-state index contributed by atoms with van der Waals surface area (Å²) in [5.74, 6) is 0.599. The predicted octanol–water partition coefficient (Wildman–Crippen LogP) is 3.32. The van der Waals surface area contributed by atoms with Crippen molar-refractivity contribution in [2.45, 2.75) is 58.0 Å². The lowest BCUT2D eigenvalue weighted by molar-refractivity contribution is 0.0600. The molecule has 0 unspecified atom stereocenters. The van der Waals surface area contributed by atoms with Gasteiger partial charge in [0.25, 0.3) is 0 Å². The van der Waals surface area contributed by atoms with Crippen LogP contribution in [0.3, 0.4) is 0 Å². The molecule has 1 aromatic heterocycles. The molecule has 1 N–H and O–H groups in total. The molecule has 0 spiro atoms. The number of carbonyl (C=O) groups is 1. The van der Waals surface area contributed by atoms with Crippen LogP contribution in [0.1, 0.15) is 61.5 Å². The predicted molar refractivity (Wildman–Crippen MR) is 83.1 cm³/mol. The van der Waals surface area contributed by atoms with E-state index in [2.05, 4.69) is 22.0 Å². The Bertz CT molecular complexity index is 437. The Labute approximate surface area is 127 Å². The van der Waals surface area contributed by atoms with Gasteiger partial charge in [0.1, 0.15) is 0 Å². The van der Waals surface area contributed by atoms with Gasteiger partial charge >= 0.3 is 5.97 Å². The Hall–Kier alpha value is -1.42. The number of aromatic nitrogens is 1. The number of rotatable bonds is 6. The van der Waals surface area contributed by atoms with E-state index >= 15 is 0 Å². The van der Waals surface area contributed by atoms with Crippen molar-refractivity contribution in [3.63, 3.8) is 0 Å². The third-order valence-corrected chi connectivity index (χ3v) is 4.36. The maximum Gasteiger partial charge on any atom is 0.339 e. The van der Waals surface area contributed by atoms with Gasteiger partial charge in [-0.3, -0.25) is 4.98 Å². The number of nitrogens with zero attached hydrogens (tertiary/aromatic N) is 1. The van der Waals surface area contributed by atoms with Gasteiger partial charge in [0.15, 0.2) is 0 Å². The molecular formula is C17H26N2O2. The summed E-state index contributed by atoms with van der Waals surface area (Å²) in [5, 5.41) is 3.58. The topological polar surface area (TPSA) is 51.2 Å². The number of carbonyl (C=O) groups excluding carboxylic acids is 1. The van der Waals surface area contributed by atoms with Gasteiger partial charge in [0, 0.05) is 18.8 Å². The molecule has 0 amide bonds. The van der Waals surface area contributed by atoms with Crippen LogP contribution < -0.4 is 5.32 Å². The molecule has 1 aliphatic rings. The average molecular weight is 290 g/mol. The third kappa shape index (κ3) is 4.81. The molecule has 0 saturated heterocycles. The highest BCUT2D eigenvalue weighted by Gasteiger charge is 2.20. The average Bonchev–Trinajstić information content (AvgIpc) is 2.54. The molecule has 2 rings (SSSR count). The van der Waals surface area contributed by atoms with Crippen LogP contribution in [0.4, 0.5) is 0 Å². The van der Waals surface area contributed by atoms with Crippen molar-refractivity contribution in [1.29, 1.82) is 0 Å². The van der Waals surface area contributed by atoms with Crippen LogP contribution in [0.5, 0.6) is 0 Å². The van der Waals surface area contributed by atoms with E-state index in [1.807, 2.05) is 6.07 Å². The van der Waals surface area contributed by atoms with E-state index in [0.29, 0.717) is 11.6 Å². The van der Waals surface area contributed by atoms with Gasteiger partial charge in [-0.2, -0.15) is 0 Å². The Balaban J connectivity index is 1.75. The molecule has 1 fully saturated rings. The lowest BCUT2D eigenvalue weighted by atomic mass is 9.83.